The molecule has 1 amide bonds. The number of nitrogens with two attached hydrogens (primary N) is 2. The summed E-state index contributed by atoms with van der Waals surface area (Å²) in [5.74, 6) is -0.288. The van der Waals surface area contributed by atoms with Crippen LogP contribution in [0.5, 0.6) is 0 Å². The van der Waals surface area contributed by atoms with Gasteiger partial charge in [0.1, 0.15) is 10.6 Å². The number of benzene rings is 1. The Morgan fingerprint density at radius 3 is 2.81 bits per heavy atom. The van der Waals surface area contributed by atoms with Gasteiger partial charge in [0.05, 0.1) is 27.8 Å². The summed E-state index contributed by atoms with van der Waals surface area (Å²) >= 11 is 1.37. The van der Waals surface area contributed by atoms with Crippen LogP contribution in [0.25, 0.3) is 21.3 Å². The number of aromatic nitrogens is 2. The third kappa shape index (κ3) is 3.90. The Balaban J connectivity index is 1.45. The van der Waals surface area contributed by atoms with Crippen LogP contribution in [0.4, 0.5) is 16.4 Å². The molecule has 0 spiro atoms. The van der Waals surface area contributed by atoms with E-state index in [1.165, 1.54) is 11.3 Å². The normalized spacial score (nSPS) is 16.3. The van der Waals surface area contributed by atoms with Gasteiger partial charge in [-0.1, -0.05) is 30.3 Å². The quantitative estimate of drug-likeness (QED) is 0.437. The van der Waals surface area contributed by atoms with Crippen molar-refractivity contribution in [2.45, 2.75) is 18.9 Å². The van der Waals surface area contributed by atoms with E-state index in [4.69, 9.17) is 11.5 Å². The predicted molar refractivity (Wildman–Crippen MR) is 131 cm³/mol. The zero-order valence-electron chi connectivity index (χ0n) is 17.5. The van der Waals surface area contributed by atoms with E-state index in [-0.39, 0.29) is 11.9 Å². The molecule has 0 radical (unpaired) electrons. The third-order valence-electron chi connectivity index (χ3n) is 5.73. The Bertz CT molecular complexity index is 1270. The standard InChI is InChI=1S/C24H24N6OS/c25-17-7-4-10-30(14-17)19-8-9-27-13-18(19)29-24(31)21-22-20(32-23(21)26)11-16(12-28-22)15-5-2-1-3-6-15/h1-3,5-6,8-9,11-13,17H,4,7,10,14,25-26H2,(H,29,31). The van der Waals surface area contributed by atoms with Crippen LogP contribution in [0, 0.1) is 0 Å². The van der Waals surface area contributed by atoms with E-state index in [0.717, 1.165) is 47.4 Å². The minimum absolute atomic E-state index is 0.125. The number of hydrogen-bond acceptors (Lipinski definition) is 7. The number of rotatable bonds is 4. The molecule has 0 saturated carbocycles. The highest BCUT2D eigenvalue weighted by molar-refractivity contribution is 7.23. The average Bonchev–Trinajstić information content (AvgIpc) is 3.15. The van der Waals surface area contributed by atoms with Crippen molar-refractivity contribution in [2.24, 2.45) is 5.73 Å². The van der Waals surface area contributed by atoms with E-state index in [9.17, 15) is 4.79 Å². The van der Waals surface area contributed by atoms with Gasteiger partial charge in [-0.15, -0.1) is 11.3 Å². The molecule has 162 valence electrons. The summed E-state index contributed by atoms with van der Waals surface area (Å²) in [4.78, 5) is 24.3. The van der Waals surface area contributed by atoms with Gasteiger partial charge in [0, 0.05) is 37.1 Å². The maximum atomic E-state index is 13.3. The third-order valence-corrected chi connectivity index (χ3v) is 6.69. The number of thiophene rings is 1. The summed E-state index contributed by atoms with van der Waals surface area (Å²) < 4.78 is 0.877. The highest BCUT2D eigenvalue weighted by Crippen LogP contribution is 2.36. The monoisotopic (exact) mass is 444 g/mol. The molecule has 1 aliphatic heterocycles. The highest BCUT2D eigenvalue weighted by atomic mass is 32.1. The number of fused-ring (bicyclic) bond motifs is 1. The average molecular weight is 445 g/mol. The molecule has 1 unspecified atom stereocenters. The van der Waals surface area contributed by atoms with Crippen molar-refractivity contribution < 1.29 is 4.79 Å². The molecule has 0 bridgehead atoms. The number of nitrogen functional groups attached to an aromatic ring is 1. The first-order valence-corrected chi connectivity index (χ1v) is 11.4. The van der Waals surface area contributed by atoms with E-state index >= 15 is 0 Å². The van der Waals surface area contributed by atoms with Crippen LogP contribution in [0.2, 0.25) is 0 Å². The lowest BCUT2D eigenvalue weighted by Gasteiger charge is -2.33. The molecule has 32 heavy (non-hydrogen) atoms. The molecule has 1 saturated heterocycles. The summed E-state index contributed by atoms with van der Waals surface area (Å²) in [5, 5.41) is 3.45. The van der Waals surface area contributed by atoms with Crippen LogP contribution >= 0.6 is 11.3 Å². The molecule has 1 aromatic carbocycles. The van der Waals surface area contributed by atoms with Crippen LogP contribution in [-0.2, 0) is 0 Å². The van der Waals surface area contributed by atoms with E-state index in [1.807, 2.05) is 42.5 Å². The van der Waals surface area contributed by atoms with Crippen LogP contribution < -0.4 is 21.7 Å². The van der Waals surface area contributed by atoms with Gasteiger partial charge in [-0.25, -0.2) is 0 Å². The number of nitrogens with one attached hydrogen (secondary N) is 1. The predicted octanol–water partition coefficient (Wildman–Crippen LogP) is 4.12. The first-order valence-electron chi connectivity index (χ1n) is 10.6. The van der Waals surface area contributed by atoms with Crippen molar-refractivity contribution >= 4 is 43.8 Å². The van der Waals surface area contributed by atoms with Gasteiger partial charge >= 0.3 is 0 Å². The van der Waals surface area contributed by atoms with Crippen LogP contribution in [0.15, 0.2) is 61.1 Å². The van der Waals surface area contributed by atoms with Crippen molar-refractivity contribution in [1.29, 1.82) is 0 Å². The zero-order valence-corrected chi connectivity index (χ0v) is 18.3. The number of carbonyl (C=O) groups is 1. The molecular formula is C24H24N6OS. The lowest BCUT2D eigenvalue weighted by atomic mass is 10.1. The molecule has 1 fully saturated rings. The summed E-state index contributed by atoms with van der Waals surface area (Å²) in [7, 11) is 0. The fraction of sp³-hybridized carbons (Fsp3) is 0.208. The minimum atomic E-state index is -0.288. The van der Waals surface area contributed by atoms with Gasteiger partial charge < -0.3 is 21.7 Å². The second-order valence-corrected chi connectivity index (χ2v) is 9.06. The second-order valence-electron chi connectivity index (χ2n) is 7.97. The Labute approximate surface area is 190 Å². The number of anilines is 3. The molecule has 4 heterocycles. The van der Waals surface area contributed by atoms with Gasteiger partial charge in [-0.3, -0.25) is 14.8 Å². The van der Waals surface area contributed by atoms with Crippen molar-refractivity contribution in [1.82, 2.24) is 9.97 Å². The van der Waals surface area contributed by atoms with Crippen LogP contribution in [-0.4, -0.2) is 35.0 Å². The lowest BCUT2D eigenvalue weighted by Crippen LogP contribution is -2.43. The molecule has 4 aromatic rings. The van der Waals surface area contributed by atoms with E-state index in [0.29, 0.717) is 21.8 Å². The maximum absolute atomic E-state index is 13.3. The molecule has 5 N–H and O–H groups in total. The van der Waals surface area contributed by atoms with Crippen molar-refractivity contribution in [3.05, 3.63) is 66.6 Å². The van der Waals surface area contributed by atoms with Gasteiger partial charge in [0.2, 0.25) is 0 Å². The number of piperidine rings is 1. The Kier molecular flexibility index (Phi) is 5.46. The van der Waals surface area contributed by atoms with Crippen molar-refractivity contribution in [2.75, 3.05) is 29.0 Å². The Morgan fingerprint density at radius 2 is 2.00 bits per heavy atom. The summed E-state index contributed by atoms with van der Waals surface area (Å²) in [6.45, 7) is 1.65. The molecule has 1 aliphatic rings. The zero-order chi connectivity index (χ0) is 22.1. The van der Waals surface area contributed by atoms with Gasteiger partial charge in [0.15, 0.2) is 0 Å². The highest BCUT2D eigenvalue weighted by Gasteiger charge is 2.23. The van der Waals surface area contributed by atoms with Gasteiger partial charge in [0.25, 0.3) is 5.91 Å². The fourth-order valence-electron chi connectivity index (χ4n) is 4.18. The summed E-state index contributed by atoms with van der Waals surface area (Å²) in [6.07, 6.45) is 7.21. The molecule has 7 nitrogen and oxygen atoms in total. The van der Waals surface area contributed by atoms with Gasteiger partial charge in [-0.05, 0) is 30.5 Å². The first-order chi connectivity index (χ1) is 15.6. The maximum Gasteiger partial charge on any atom is 0.260 e. The molecule has 3 aromatic heterocycles. The van der Waals surface area contributed by atoms with Gasteiger partial charge in [-0.2, -0.15) is 0 Å². The van der Waals surface area contributed by atoms with Crippen molar-refractivity contribution in [3.8, 4) is 11.1 Å². The number of nitrogens with zero attached hydrogens (tertiary/aromatic N) is 3. The number of amides is 1. The lowest BCUT2D eigenvalue weighted by molar-refractivity contribution is 0.102. The molecule has 1 atom stereocenters. The summed E-state index contributed by atoms with van der Waals surface area (Å²) in [6, 6.07) is 14.1. The van der Waals surface area contributed by atoms with E-state index < -0.39 is 0 Å². The SMILES string of the molecule is Nc1sc2cc(-c3ccccc3)cnc2c1C(=O)Nc1cnccc1N1CCCC(N)C1. The van der Waals surface area contributed by atoms with Crippen LogP contribution in [0.3, 0.4) is 0 Å². The number of carbonyl (C=O) groups excluding carboxylic acids is 1. The van der Waals surface area contributed by atoms with E-state index in [1.54, 1.807) is 18.6 Å². The largest absolute Gasteiger partial charge is 0.390 e. The van der Waals surface area contributed by atoms with Crippen molar-refractivity contribution in [3.63, 3.8) is 0 Å². The number of pyridine rings is 2. The fourth-order valence-corrected chi connectivity index (χ4v) is 5.14. The Hall–Kier alpha value is -3.49. The Morgan fingerprint density at radius 1 is 1.16 bits per heavy atom. The smallest absolute Gasteiger partial charge is 0.260 e. The second kappa shape index (κ2) is 8.57. The first kappa shape index (κ1) is 20.4. The van der Waals surface area contributed by atoms with E-state index in [2.05, 4.69) is 20.2 Å². The van der Waals surface area contributed by atoms with Crippen LogP contribution in [0.1, 0.15) is 23.2 Å². The summed E-state index contributed by atoms with van der Waals surface area (Å²) in [5.41, 5.74) is 17.1. The topological polar surface area (TPSA) is 110 Å². The minimum Gasteiger partial charge on any atom is -0.390 e. The number of hydrogen-bond donors (Lipinski definition) is 3. The molecule has 5 rings (SSSR count). The molecular weight excluding hydrogens is 420 g/mol. The molecule has 0 aliphatic carbocycles. The molecule has 8 heteroatoms.